The van der Waals surface area contributed by atoms with Crippen LogP contribution in [-0.2, 0) is 10.0 Å². The molecule has 0 aromatic carbocycles. The van der Waals surface area contributed by atoms with E-state index in [1.807, 2.05) is 0 Å². The molecule has 1 aliphatic heterocycles. The van der Waals surface area contributed by atoms with Crippen LogP contribution in [0.5, 0.6) is 0 Å². The molecule has 0 amide bonds. The molecule has 0 radical (unpaired) electrons. The van der Waals surface area contributed by atoms with Gasteiger partial charge in [-0.15, -0.1) is 4.91 Å². The Kier molecular flexibility index (Phi) is 1.89. The zero-order valence-corrected chi connectivity index (χ0v) is 6.17. The first-order valence-corrected chi connectivity index (χ1v) is 4.61. The van der Waals surface area contributed by atoms with E-state index in [1.54, 1.807) is 0 Å². The van der Waals surface area contributed by atoms with Gasteiger partial charge in [0.05, 0.1) is 17.6 Å². The first-order valence-electron chi connectivity index (χ1n) is 3.00. The second-order valence-electron chi connectivity index (χ2n) is 2.15. The van der Waals surface area contributed by atoms with Gasteiger partial charge in [0.2, 0.25) is 0 Å². The van der Waals surface area contributed by atoms with Crippen molar-refractivity contribution < 1.29 is 8.42 Å². The summed E-state index contributed by atoms with van der Waals surface area (Å²) in [7, 11) is -3.32. The van der Waals surface area contributed by atoms with Crippen LogP contribution in [0.1, 0.15) is 12.8 Å². The van der Waals surface area contributed by atoms with Gasteiger partial charge in [-0.25, -0.2) is 8.42 Å². The standard InChI is InChI=1S/C4H8N2O3S/c7-5-6-3-1-2-4-10(6,8)9/h1-4H2. The molecule has 0 aliphatic carbocycles. The summed E-state index contributed by atoms with van der Waals surface area (Å²) in [6.45, 7) is 0.242. The molecule has 0 atom stereocenters. The van der Waals surface area contributed by atoms with Crippen molar-refractivity contribution in [1.29, 1.82) is 0 Å². The van der Waals surface area contributed by atoms with E-state index >= 15 is 0 Å². The number of hydrogen-bond donors (Lipinski definition) is 0. The average molecular weight is 164 g/mol. The molecular weight excluding hydrogens is 156 g/mol. The van der Waals surface area contributed by atoms with Gasteiger partial charge in [0, 0.05) is 0 Å². The van der Waals surface area contributed by atoms with Crippen LogP contribution in [0.25, 0.3) is 0 Å². The Morgan fingerprint density at radius 2 is 2.00 bits per heavy atom. The van der Waals surface area contributed by atoms with Crippen molar-refractivity contribution in [2.24, 2.45) is 5.29 Å². The van der Waals surface area contributed by atoms with Crippen LogP contribution in [0, 0.1) is 4.91 Å². The molecule has 10 heavy (non-hydrogen) atoms. The Morgan fingerprint density at radius 1 is 1.30 bits per heavy atom. The summed E-state index contributed by atoms with van der Waals surface area (Å²) in [5, 5.41) is 2.40. The summed E-state index contributed by atoms with van der Waals surface area (Å²) in [6.07, 6.45) is 1.36. The van der Waals surface area contributed by atoms with E-state index in [1.165, 1.54) is 0 Å². The first kappa shape index (κ1) is 7.46. The molecular formula is C4H8N2O3S. The lowest BCUT2D eigenvalue weighted by Gasteiger charge is -2.19. The Hall–Kier alpha value is -0.650. The highest BCUT2D eigenvalue weighted by Crippen LogP contribution is 2.12. The average Bonchev–Trinajstić information content (AvgIpc) is 1.87. The van der Waals surface area contributed by atoms with E-state index in [-0.39, 0.29) is 12.3 Å². The van der Waals surface area contributed by atoms with Crippen molar-refractivity contribution in [3.8, 4) is 0 Å². The monoisotopic (exact) mass is 164 g/mol. The minimum absolute atomic E-state index is 0.0543. The van der Waals surface area contributed by atoms with Crippen LogP contribution in [0.4, 0.5) is 0 Å². The predicted molar refractivity (Wildman–Crippen MR) is 35.5 cm³/mol. The fraction of sp³-hybridized carbons (Fsp3) is 1.00. The van der Waals surface area contributed by atoms with Gasteiger partial charge in [0.15, 0.2) is 0 Å². The maximum Gasteiger partial charge on any atom is 0.252 e. The highest BCUT2D eigenvalue weighted by molar-refractivity contribution is 7.89. The van der Waals surface area contributed by atoms with Gasteiger partial charge in [0.25, 0.3) is 10.0 Å². The first-order chi connectivity index (χ1) is 4.67. The largest absolute Gasteiger partial charge is 0.252 e. The van der Waals surface area contributed by atoms with E-state index < -0.39 is 10.0 Å². The zero-order valence-electron chi connectivity index (χ0n) is 5.36. The fourth-order valence-electron chi connectivity index (χ4n) is 0.868. The van der Waals surface area contributed by atoms with Crippen LogP contribution in [0.3, 0.4) is 0 Å². The maximum atomic E-state index is 10.8. The number of hydrogen-bond acceptors (Lipinski definition) is 4. The molecule has 1 rings (SSSR count). The topological polar surface area (TPSA) is 66.8 Å². The van der Waals surface area contributed by atoms with Gasteiger partial charge in [-0.05, 0) is 12.8 Å². The van der Waals surface area contributed by atoms with Gasteiger partial charge in [-0.2, -0.15) is 4.41 Å². The highest BCUT2D eigenvalue weighted by atomic mass is 32.2. The minimum atomic E-state index is -3.32. The lowest BCUT2D eigenvalue weighted by Crippen LogP contribution is -2.33. The lowest BCUT2D eigenvalue weighted by molar-refractivity contribution is 0.396. The zero-order chi connectivity index (χ0) is 7.61. The van der Waals surface area contributed by atoms with Crippen LogP contribution >= 0.6 is 0 Å². The van der Waals surface area contributed by atoms with Gasteiger partial charge in [-0.1, -0.05) is 0 Å². The van der Waals surface area contributed by atoms with Crippen molar-refractivity contribution in [2.75, 3.05) is 12.3 Å². The van der Waals surface area contributed by atoms with Crippen LogP contribution in [0.15, 0.2) is 5.29 Å². The van der Waals surface area contributed by atoms with Gasteiger partial charge in [-0.3, -0.25) is 0 Å². The molecule has 1 fully saturated rings. The van der Waals surface area contributed by atoms with E-state index in [9.17, 15) is 13.3 Å². The molecule has 0 bridgehead atoms. The highest BCUT2D eigenvalue weighted by Gasteiger charge is 2.24. The van der Waals surface area contributed by atoms with Gasteiger partial charge >= 0.3 is 0 Å². The summed E-state index contributed by atoms with van der Waals surface area (Å²) in [4.78, 5) is 9.87. The molecule has 0 unspecified atom stereocenters. The normalized spacial score (nSPS) is 24.2. The summed E-state index contributed by atoms with van der Waals surface area (Å²) >= 11 is 0. The van der Waals surface area contributed by atoms with Crippen LogP contribution in [-0.4, -0.2) is 25.1 Å². The molecule has 6 heteroatoms. The fourth-order valence-corrected chi connectivity index (χ4v) is 2.16. The summed E-state index contributed by atoms with van der Waals surface area (Å²) in [5.41, 5.74) is 0. The molecule has 1 aliphatic rings. The molecule has 0 saturated carbocycles. The number of nitrogens with zero attached hydrogens (tertiary/aromatic N) is 2. The summed E-state index contributed by atoms with van der Waals surface area (Å²) in [6, 6.07) is 0. The predicted octanol–water partition coefficient (Wildman–Crippen LogP) is 0.0934. The third-order valence-electron chi connectivity index (χ3n) is 1.41. The van der Waals surface area contributed by atoms with Crippen molar-refractivity contribution in [3.63, 3.8) is 0 Å². The quantitative estimate of drug-likeness (QED) is 0.516. The van der Waals surface area contributed by atoms with Crippen LogP contribution in [0.2, 0.25) is 0 Å². The lowest BCUT2D eigenvalue weighted by atomic mass is 10.3. The van der Waals surface area contributed by atoms with E-state index in [0.717, 1.165) is 6.42 Å². The van der Waals surface area contributed by atoms with E-state index in [4.69, 9.17) is 0 Å². The molecule has 0 aromatic rings. The summed E-state index contributed by atoms with van der Waals surface area (Å²) in [5.74, 6) is 0.0543. The third-order valence-corrected chi connectivity index (χ3v) is 3.11. The molecule has 0 aromatic heterocycles. The van der Waals surface area contributed by atoms with Crippen molar-refractivity contribution in [1.82, 2.24) is 4.41 Å². The smallest absolute Gasteiger partial charge is 0.205 e. The maximum absolute atomic E-state index is 10.8. The molecule has 1 saturated heterocycles. The molecule has 1 heterocycles. The van der Waals surface area contributed by atoms with Crippen molar-refractivity contribution >= 4 is 10.0 Å². The van der Waals surface area contributed by atoms with Gasteiger partial charge in [0.1, 0.15) is 0 Å². The molecule has 0 N–H and O–H groups in total. The second kappa shape index (κ2) is 2.53. The number of rotatable bonds is 1. The summed E-state index contributed by atoms with van der Waals surface area (Å²) < 4.78 is 22.3. The van der Waals surface area contributed by atoms with E-state index in [2.05, 4.69) is 5.29 Å². The molecule has 0 spiro atoms. The third kappa shape index (κ3) is 1.26. The number of sulfonamides is 1. The van der Waals surface area contributed by atoms with Gasteiger partial charge < -0.3 is 0 Å². The minimum Gasteiger partial charge on any atom is -0.205 e. The SMILES string of the molecule is O=NN1CCCCS1(=O)=O. The number of nitroso groups, excluding NO2 is 1. The van der Waals surface area contributed by atoms with Crippen LogP contribution < -0.4 is 0 Å². The second-order valence-corrected chi connectivity index (χ2v) is 4.14. The Labute approximate surface area is 59.0 Å². The van der Waals surface area contributed by atoms with E-state index in [0.29, 0.717) is 10.8 Å². The Morgan fingerprint density at radius 3 is 2.40 bits per heavy atom. The molecule has 58 valence electrons. The Balaban J connectivity index is 2.79. The van der Waals surface area contributed by atoms with Crippen molar-refractivity contribution in [3.05, 3.63) is 4.91 Å². The molecule has 5 nitrogen and oxygen atoms in total. The Bertz CT molecular complexity index is 223. The van der Waals surface area contributed by atoms with Crippen molar-refractivity contribution in [2.45, 2.75) is 12.8 Å².